The minimum absolute atomic E-state index is 0.124. The predicted molar refractivity (Wildman–Crippen MR) is 131 cm³/mol. The third-order valence-corrected chi connectivity index (χ3v) is 6.06. The number of likely N-dealkylation sites (N-methyl/N-ethyl adjacent to an activating group) is 1. The van der Waals surface area contributed by atoms with Crippen LogP contribution in [0.5, 0.6) is 5.75 Å². The van der Waals surface area contributed by atoms with E-state index >= 15 is 0 Å². The monoisotopic (exact) mass is 473 g/mol. The third-order valence-electron chi connectivity index (χ3n) is 6.06. The lowest BCUT2D eigenvalue weighted by atomic mass is 10.0. The maximum Gasteiger partial charge on any atom is 0.237 e. The zero-order valence-corrected chi connectivity index (χ0v) is 20.7. The number of hydrogen-bond donors (Lipinski definition) is 0. The second-order valence-electron chi connectivity index (χ2n) is 9.80. The number of nitrogens with zero attached hydrogens (tertiary/aromatic N) is 3. The fourth-order valence-corrected chi connectivity index (χ4v) is 4.22. The van der Waals surface area contributed by atoms with Gasteiger partial charge in [0.1, 0.15) is 17.7 Å². The van der Waals surface area contributed by atoms with Crippen LogP contribution in [0.1, 0.15) is 31.4 Å². The number of carbonyl (C=O) groups excluding carboxylic acids is 1. The van der Waals surface area contributed by atoms with Crippen LogP contribution in [-0.4, -0.2) is 73.2 Å². The predicted octanol–water partition coefficient (Wildman–Crippen LogP) is 4.36. The molecule has 0 unspecified atom stereocenters. The molecule has 5 nitrogen and oxygen atoms in total. The van der Waals surface area contributed by atoms with Gasteiger partial charge in [0.25, 0.3) is 0 Å². The van der Waals surface area contributed by atoms with E-state index in [9.17, 15) is 13.6 Å². The lowest BCUT2D eigenvalue weighted by Crippen LogP contribution is -2.54. The molecule has 0 radical (unpaired) electrons. The maximum absolute atomic E-state index is 15.0. The Balaban J connectivity index is 1.64. The van der Waals surface area contributed by atoms with Crippen LogP contribution in [0.4, 0.5) is 8.78 Å². The fraction of sp³-hybridized carbons (Fsp3) is 0.519. The molecule has 0 saturated carbocycles. The summed E-state index contributed by atoms with van der Waals surface area (Å²) in [5.41, 5.74) is 1.86. The van der Waals surface area contributed by atoms with Crippen LogP contribution >= 0.6 is 0 Å². The first-order valence-electron chi connectivity index (χ1n) is 12.0. The smallest absolute Gasteiger partial charge is 0.237 e. The van der Waals surface area contributed by atoms with Crippen molar-refractivity contribution in [3.05, 3.63) is 65.5 Å². The summed E-state index contributed by atoms with van der Waals surface area (Å²) in [6.45, 7) is 6.96. The van der Waals surface area contributed by atoms with Gasteiger partial charge in [-0.1, -0.05) is 38.1 Å². The van der Waals surface area contributed by atoms with E-state index in [1.165, 1.54) is 12.1 Å². The zero-order valence-electron chi connectivity index (χ0n) is 20.7. The molecule has 1 fully saturated rings. The Morgan fingerprint density at radius 1 is 1.09 bits per heavy atom. The minimum Gasteiger partial charge on any atom is -0.493 e. The SMILES string of the molecule is CC(C)COc1ccc(CN(C)CC(=O)N(Cc2ccc(F)cc2)[C@H]2CCN(C)C[C@H]2F)cc1. The van der Waals surface area contributed by atoms with Gasteiger partial charge < -0.3 is 14.5 Å². The molecule has 1 saturated heterocycles. The van der Waals surface area contributed by atoms with E-state index in [2.05, 4.69) is 13.8 Å². The highest BCUT2D eigenvalue weighted by Gasteiger charge is 2.35. The topological polar surface area (TPSA) is 36.0 Å². The molecule has 1 aliphatic heterocycles. The molecular weight excluding hydrogens is 436 g/mol. The van der Waals surface area contributed by atoms with Crippen molar-refractivity contribution in [3.8, 4) is 5.75 Å². The molecular formula is C27H37F2N3O2. The van der Waals surface area contributed by atoms with E-state index < -0.39 is 12.2 Å². The van der Waals surface area contributed by atoms with E-state index in [4.69, 9.17) is 4.74 Å². The number of benzene rings is 2. The first-order valence-corrected chi connectivity index (χ1v) is 12.0. The average Bonchev–Trinajstić information content (AvgIpc) is 2.78. The van der Waals surface area contributed by atoms with Crippen LogP contribution in [0.3, 0.4) is 0 Å². The number of ether oxygens (including phenoxy) is 1. The van der Waals surface area contributed by atoms with E-state index in [1.807, 2.05) is 48.2 Å². The summed E-state index contributed by atoms with van der Waals surface area (Å²) in [6, 6.07) is 13.5. The van der Waals surface area contributed by atoms with Crippen molar-refractivity contribution in [1.29, 1.82) is 0 Å². The lowest BCUT2D eigenvalue weighted by Gasteiger charge is -2.40. The summed E-state index contributed by atoms with van der Waals surface area (Å²) in [5, 5.41) is 0. The van der Waals surface area contributed by atoms with Gasteiger partial charge >= 0.3 is 0 Å². The maximum atomic E-state index is 15.0. The molecule has 186 valence electrons. The quantitative estimate of drug-likeness (QED) is 0.514. The molecule has 0 bridgehead atoms. The molecule has 1 aliphatic rings. The summed E-state index contributed by atoms with van der Waals surface area (Å²) in [4.78, 5) is 18.9. The highest BCUT2D eigenvalue weighted by Crippen LogP contribution is 2.22. The number of piperidine rings is 1. The van der Waals surface area contributed by atoms with E-state index in [0.717, 1.165) is 23.4 Å². The number of hydrogen-bond acceptors (Lipinski definition) is 4. The van der Waals surface area contributed by atoms with Crippen LogP contribution < -0.4 is 4.74 Å². The first kappa shape index (κ1) is 26.1. The van der Waals surface area contributed by atoms with E-state index in [-0.39, 0.29) is 24.8 Å². The van der Waals surface area contributed by atoms with Crippen LogP contribution in [0, 0.1) is 11.7 Å². The van der Waals surface area contributed by atoms with Gasteiger partial charge in [-0.15, -0.1) is 0 Å². The van der Waals surface area contributed by atoms with Gasteiger partial charge in [-0.05, 0) is 61.8 Å². The molecule has 0 aromatic heterocycles. The Bertz CT molecular complexity index is 905. The van der Waals surface area contributed by atoms with Gasteiger partial charge in [0.15, 0.2) is 0 Å². The average molecular weight is 474 g/mol. The number of halogens is 2. The van der Waals surface area contributed by atoms with Crippen LogP contribution in [0.15, 0.2) is 48.5 Å². The Hall–Kier alpha value is -2.51. The standard InChI is InChI=1S/C27H37F2N3O2/c1-20(2)19-34-24-11-7-21(8-12-24)15-31(4)18-27(33)32(16-22-5-9-23(28)10-6-22)26-13-14-30(3)17-25(26)29/h5-12,20,25-26H,13-19H2,1-4H3/t25-,26+/m1/s1. The number of carbonyl (C=O) groups is 1. The van der Waals surface area contributed by atoms with E-state index in [1.54, 1.807) is 17.0 Å². The highest BCUT2D eigenvalue weighted by atomic mass is 19.1. The minimum atomic E-state index is -1.12. The van der Waals surface area contributed by atoms with Crippen molar-refractivity contribution in [2.24, 2.45) is 5.92 Å². The molecule has 34 heavy (non-hydrogen) atoms. The van der Waals surface area contributed by atoms with Crippen LogP contribution in [0.25, 0.3) is 0 Å². The highest BCUT2D eigenvalue weighted by molar-refractivity contribution is 5.78. The molecule has 7 heteroatoms. The largest absolute Gasteiger partial charge is 0.493 e. The molecule has 0 spiro atoms. The second kappa shape index (κ2) is 12.3. The summed E-state index contributed by atoms with van der Waals surface area (Å²) in [7, 11) is 3.78. The summed E-state index contributed by atoms with van der Waals surface area (Å²) >= 11 is 0. The van der Waals surface area contributed by atoms with Gasteiger partial charge in [0.2, 0.25) is 5.91 Å². The number of alkyl halides is 1. The molecule has 2 aromatic carbocycles. The molecule has 3 rings (SSSR count). The molecule has 0 N–H and O–H groups in total. The number of amides is 1. The zero-order chi connectivity index (χ0) is 24.7. The van der Waals surface area contributed by atoms with Crippen molar-refractivity contribution >= 4 is 5.91 Å². The Morgan fingerprint density at radius 2 is 1.71 bits per heavy atom. The number of rotatable bonds is 10. The second-order valence-corrected chi connectivity index (χ2v) is 9.80. The third kappa shape index (κ3) is 7.77. The summed E-state index contributed by atoms with van der Waals surface area (Å²) < 4.78 is 34.1. The molecule has 2 aromatic rings. The van der Waals surface area contributed by atoms with Crippen molar-refractivity contribution in [2.45, 2.75) is 45.6 Å². The van der Waals surface area contributed by atoms with Crippen LogP contribution in [-0.2, 0) is 17.9 Å². The Labute approximate surface area is 202 Å². The lowest BCUT2D eigenvalue weighted by molar-refractivity contribution is -0.138. The van der Waals surface area contributed by atoms with Gasteiger partial charge in [-0.25, -0.2) is 8.78 Å². The van der Waals surface area contributed by atoms with Gasteiger partial charge in [0, 0.05) is 26.2 Å². The number of likely N-dealkylation sites (tertiary alicyclic amines) is 1. The van der Waals surface area contributed by atoms with Gasteiger partial charge in [0.05, 0.1) is 19.2 Å². The van der Waals surface area contributed by atoms with Crippen LogP contribution in [0.2, 0.25) is 0 Å². The van der Waals surface area contributed by atoms with Crippen molar-refractivity contribution in [3.63, 3.8) is 0 Å². The summed E-state index contributed by atoms with van der Waals surface area (Å²) in [6.07, 6.45) is -0.543. The fourth-order valence-electron chi connectivity index (χ4n) is 4.22. The Kier molecular flexibility index (Phi) is 9.42. The van der Waals surface area contributed by atoms with Crippen molar-refractivity contribution in [2.75, 3.05) is 40.3 Å². The Morgan fingerprint density at radius 3 is 2.32 bits per heavy atom. The van der Waals surface area contributed by atoms with Crippen molar-refractivity contribution < 1.29 is 18.3 Å². The molecule has 0 aliphatic carbocycles. The normalized spacial score (nSPS) is 18.9. The van der Waals surface area contributed by atoms with Gasteiger partial charge in [-0.2, -0.15) is 0 Å². The summed E-state index contributed by atoms with van der Waals surface area (Å²) in [5.74, 6) is 0.839. The first-order chi connectivity index (χ1) is 16.2. The molecule has 1 heterocycles. The van der Waals surface area contributed by atoms with Gasteiger partial charge in [-0.3, -0.25) is 9.69 Å². The molecule has 1 amide bonds. The van der Waals surface area contributed by atoms with E-state index in [0.29, 0.717) is 32.0 Å². The van der Waals surface area contributed by atoms with Crippen molar-refractivity contribution in [1.82, 2.24) is 14.7 Å². The molecule has 2 atom stereocenters.